The average Bonchev–Trinajstić information content (AvgIpc) is 2.47. The number of rotatable bonds is 6. The molecule has 1 aromatic carbocycles. The van der Waals surface area contributed by atoms with Crippen LogP contribution in [0.1, 0.15) is 16.8 Å². The van der Waals surface area contributed by atoms with E-state index in [1.54, 1.807) is 25.3 Å². The molecule has 0 radical (unpaired) electrons. The van der Waals surface area contributed by atoms with Crippen LogP contribution in [0.4, 0.5) is 0 Å². The summed E-state index contributed by atoms with van der Waals surface area (Å²) in [6.45, 7) is 1.96. The standard InChI is InChI=1S/C14H20N2O4/c1-18-9-11(4-5-15)16-14(17)10-2-3-12-13(8-10)20-7-6-19-12/h2-3,8,11H,4-7,9,15H2,1H3,(H,16,17). The van der Waals surface area contributed by atoms with E-state index in [0.29, 0.717) is 49.8 Å². The Morgan fingerprint density at radius 2 is 2.15 bits per heavy atom. The molecule has 1 unspecified atom stereocenters. The van der Waals surface area contributed by atoms with E-state index in [2.05, 4.69) is 5.32 Å². The van der Waals surface area contributed by atoms with Gasteiger partial charge in [-0.25, -0.2) is 0 Å². The van der Waals surface area contributed by atoms with Gasteiger partial charge < -0.3 is 25.3 Å². The SMILES string of the molecule is COCC(CCN)NC(=O)c1ccc2c(c1)OCCO2. The van der Waals surface area contributed by atoms with E-state index in [-0.39, 0.29) is 11.9 Å². The number of benzene rings is 1. The van der Waals surface area contributed by atoms with Crippen molar-refractivity contribution in [2.75, 3.05) is 33.5 Å². The lowest BCUT2D eigenvalue weighted by Crippen LogP contribution is -2.39. The zero-order valence-electron chi connectivity index (χ0n) is 11.6. The Morgan fingerprint density at radius 1 is 1.40 bits per heavy atom. The molecular formula is C14H20N2O4. The first kappa shape index (κ1) is 14.6. The molecule has 2 rings (SSSR count). The van der Waals surface area contributed by atoms with Crippen molar-refractivity contribution in [3.05, 3.63) is 23.8 Å². The minimum atomic E-state index is -0.169. The zero-order valence-corrected chi connectivity index (χ0v) is 11.6. The van der Waals surface area contributed by atoms with Gasteiger partial charge in [-0.2, -0.15) is 0 Å². The van der Waals surface area contributed by atoms with Gasteiger partial charge >= 0.3 is 0 Å². The summed E-state index contributed by atoms with van der Waals surface area (Å²) in [6, 6.07) is 5.06. The van der Waals surface area contributed by atoms with Crippen LogP contribution in [-0.4, -0.2) is 45.4 Å². The van der Waals surface area contributed by atoms with Crippen LogP contribution < -0.4 is 20.5 Å². The first-order valence-corrected chi connectivity index (χ1v) is 6.64. The highest BCUT2D eigenvalue weighted by molar-refractivity contribution is 5.95. The van der Waals surface area contributed by atoms with Crippen molar-refractivity contribution >= 4 is 5.91 Å². The Hall–Kier alpha value is -1.79. The number of hydrogen-bond acceptors (Lipinski definition) is 5. The fraction of sp³-hybridized carbons (Fsp3) is 0.500. The van der Waals surface area contributed by atoms with Gasteiger partial charge in [-0.15, -0.1) is 0 Å². The van der Waals surface area contributed by atoms with Gasteiger partial charge in [0.1, 0.15) is 13.2 Å². The molecule has 1 aromatic rings. The summed E-state index contributed by atoms with van der Waals surface area (Å²) in [5.41, 5.74) is 6.06. The molecular weight excluding hydrogens is 260 g/mol. The van der Waals surface area contributed by atoms with E-state index in [1.165, 1.54) is 0 Å². The molecule has 1 heterocycles. The summed E-state index contributed by atoms with van der Waals surface area (Å²) in [5.74, 6) is 1.10. The second-order valence-corrected chi connectivity index (χ2v) is 4.56. The number of methoxy groups -OCH3 is 1. The molecule has 110 valence electrons. The maximum atomic E-state index is 12.2. The van der Waals surface area contributed by atoms with E-state index < -0.39 is 0 Å². The lowest BCUT2D eigenvalue weighted by Gasteiger charge is -2.20. The van der Waals surface area contributed by atoms with Crippen LogP contribution in [0, 0.1) is 0 Å². The number of fused-ring (bicyclic) bond motifs is 1. The number of nitrogens with two attached hydrogens (primary N) is 1. The van der Waals surface area contributed by atoms with E-state index in [4.69, 9.17) is 19.9 Å². The normalized spacial score (nSPS) is 14.7. The highest BCUT2D eigenvalue weighted by Gasteiger charge is 2.17. The van der Waals surface area contributed by atoms with Gasteiger partial charge in [0.2, 0.25) is 0 Å². The van der Waals surface area contributed by atoms with Crippen molar-refractivity contribution in [1.82, 2.24) is 5.32 Å². The maximum Gasteiger partial charge on any atom is 0.251 e. The third-order valence-electron chi connectivity index (χ3n) is 3.02. The topological polar surface area (TPSA) is 82.8 Å². The molecule has 0 bridgehead atoms. The third kappa shape index (κ3) is 3.61. The largest absolute Gasteiger partial charge is 0.486 e. The first-order valence-electron chi connectivity index (χ1n) is 6.64. The predicted octanol–water partition coefficient (Wildman–Crippen LogP) is 0.551. The van der Waals surface area contributed by atoms with Gasteiger partial charge in [0, 0.05) is 12.7 Å². The Kier molecular flexibility index (Phi) is 5.20. The number of carbonyl (C=O) groups is 1. The minimum absolute atomic E-state index is 0.0919. The van der Waals surface area contributed by atoms with Gasteiger partial charge in [-0.3, -0.25) is 4.79 Å². The Morgan fingerprint density at radius 3 is 2.85 bits per heavy atom. The zero-order chi connectivity index (χ0) is 14.4. The van der Waals surface area contributed by atoms with Gasteiger partial charge in [0.05, 0.1) is 12.6 Å². The number of nitrogens with one attached hydrogen (secondary N) is 1. The molecule has 0 spiro atoms. The molecule has 6 heteroatoms. The summed E-state index contributed by atoms with van der Waals surface area (Å²) in [6.07, 6.45) is 0.671. The Labute approximate surface area is 118 Å². The van der Waals surface area contributed by atoms with Crippen LogP contribution in [0.25, 0.3) is 0 Å². The van der Waals surface area contributed by atoms with E-state index in [9.17, 15) is 4.79 Å². The third-order valence-corrected chi connectivity index (χ3v) is 3.02. The number of amides is 1. The van der Waals surface area contributed by atoms with Crippen LogP contribution in [0.3, 0.4) is 0 Å². The Balaban J connectivity index is 2.04. The molecule has 0 fully saturated rings. The van der Waals surface area contributed by atoms with Crippen LogP contribution in [0.15, 0.2) is 18.2 Å². The smallest absolute Gasteiger partial charge is 0.251 e. The second-order valence-electron chi connectivity index (χ2n) is 4.56. The highest BCUT2D eigenvalue weighted by atomic mass is 16.6. The van der Waals surface area contributed by atoms with Crippen molar-refractivity contribution in [3.8, 4) is 11.5 Å². The van der Waals surface area contributed by atoms with Crippen LogP contribution in [0.5, 0.6) is 11.5 Å². The summed E-state index contributed by atoms with van der Waals surface area (Å²) >= 11 is 0. The van der Waals surface area contributed by atoms with Gasteiger partial charge in [-0.1, -0.05) is 0 Å². The summed E-state index contributed by atoms with van der Waals surface area (Å²) in [7, 11) is 1.60. The molecule has 6 nitrogen and oxygen atoms in total. The van der Waals surface area contributed by atoms with E-state index in [1.807, 2.05) is 0 Å². The maximum absolute atomic E-state index is 12.2. The van der Waals surface area contributed by atoms with Gasteiger partial charge in [0.15, 0.2) is 11.5 Å². The number of hydrogen-bond donors (Lipinski definition) is 2. The lowest BCUT2D eigenvalue weighted by molar-refractivity contribution is 0.0892. The van der Waals surface area contributed by atoms with Crippen molar-refractivity contribution in [2.45, 2.75) is 12.5 Å². The van der Waals surface area contributed by atoms with E-state index >= 15 is 0 Å². The predicted molar refractivity (Wildman–Crippen MR) is 74.2 cm³/mol. The summed E-state index contributed by atoms with van der Waals surface area (Å²) in [5, 5.41) is 2.90. The van der Waals surface area contributed by atoms with Gasteiger partial charge in [0.25, 0.3) is 5.91 Å². The fourth-order valence-corrected chi connectivity index (χ4v) is 2.05. The molecule has 1 amide bonds. The van der Waals surface area contributed by atoms with Crippen molar-refractivity contribution in [1.29, 1.82) is 0 Å². The monoisotopic (exact) mass is 280 g/mol. The summed E-state index contributed by atoms with van der Waals surface area (Å²) < 4.78 is 16.0. The van der Waals surface area contributed by atoms with Crippen molar-refractivity contribution in [3.63, 3.8) is 0 Å². The molecule has 3 N–H and O–H groups in total. The average molecular weight is 280 g/mol. The molecule has 0 saturated carbocycles. The van der Waals surface area contributed by atoms with Crippen LogP contribution in [0.2, 0.25) is 0 Å². The van der Waals surface area contributed by atoms with Crippen LogP contribution >= 0.6 is 0 Å². The second kappa shape index (κ2) is 7.12. The quantitative estimate of drug-likeness (QED) is 0.795. The highest BCUT2D eigenvalue weighted by Crippen LogP contribution is 2.30. The van der Waals surface area contributed by atoms with Crippen molar-refractivity contribution in [2.24, 2.45) is 5.73 Å². The number of ether oxygens (including phenoxy) is 3. The molecule has 1 atom stereocenters. The number of carbonyl (C=O) groups excluding carboxylic acids is 1. The van der Waals surface area contributed by atoms with Crippen LogP contribution in [-0.2, 0) is 4.74 Å². The van der Waals surface area contributed by atoms with Crippen molar-refractivity contribution < 1.29 is 19.0 Å². The molecule has 0 aromatic heterocycles. The van der Waals surface area contributed by atoms with Gasteiger partial charge in [-0.05, 0) is 31.2 Å². The summed E-state index contributed by atoms with van der Waals surface area (Å²) in [4.78, 5) is 12.2. The molecule has 1 aliphatic heterocycles. The molecule has 1 aliphatic rings. The Bertz CT molecular complexity index is 458. The lowest BCUT2D eigenvalue weighted by atomic mass is 10.1. The minimum Gasteiger partial charge on any atom is -0.486 e. The fourth-order valence-electron chi connectivity index (χ4n) is 2.05. The molecule has 0 saturated heterocycles. The molecule has 20 heavy (non-hydrogen) atoms. The molecule has 0 aliphatic carbocycles. The first-order chi connectivity index (χ1) is 9.74. The van der Waals surface area contributed by atoms with E-state index in [0.717, 1.165) is 0 Å².